The molecule has 0 N–H and O–H groups in total. The standard InChI is InChI=1S/C61H108N2O6/c1-10-12-14-16-18-21-31-51(32-22-19-17-15-13-11-2)68-57(64)34-24-26-45-63(59(66)67-46-28-43-62(8)9)44-25-20-23-33-58(65)69-52-39-41-60(6)50(47-52)35-36-53-55-38-37-54(49(5)30-27-29-48(3)4)61(55,7)42-40-56(53)60/h35-36,48-49,51-52,54-56H,10-34,37-47H2,1-9H3. The Kier molecular flexibility index (Phi) is 27.4. The molecule has 4 aliphatic rings. The molecule has 69 heavy (non-hydrogen) atoms. The quantitative estimate of drug-likeness (QED) is 0.0351. The highest BCUT2D eigenvalue weighted by Crippen LogP contribution is 2.66. The van der Waals surface area contributed by atoms with Gasteiger partial charge in [0.15, 0.2) is 0 Å². The van der Waals surface area contributed by atoms with Crippen molar-refractivity contribution in [1.29, 1.82) is 0 Å². The van der Waals surface area contributed by atoms with E-state index in [2.05, 4.69) is 65.5 Å². The van der Waals surface area contributed by atoms with E-state index >= 15 is 0 Å². The van der Waals surface area contributed by atoms with E-state index in [-0.39, 0.29) is 35.7 Å². The summed E-state index contributed by atoms with van der Waals surface area (Å²) in [7, 11) is 4.05. The third-order valence-electron chi connectivity index (χ3n) is 17.7. The first-order valence-corrected chi connectivity index (χ1v) is 29.6. The molecule has 3 saturated carbocycles. The van der Waals surface area contributed by atoms with Gasteiger partial charge in [-0.15, -0.1) is 0 Å². The van der Waals surface area contributed by atoms with Gasteiger partial charge in [-0.2, -0.15) is 0 Å². The Bertz CT molecular complexity index is 1520. The molecule has 0 heterocycles. The maximum absolute atomic E-state index is 13.3. The van der Waals surface area contributed by atoms with Crippen molar-refractivity contribution in [2.24, 2.45) is 40.4 Å². The van der Waals surface area contributed by atoms with Crippen LogP contribution >= 0.6 is 0 Å². The van der Waals surface area contributed by atoms with Crippen molar-refractivity contribution in [3.05, 3.63) is 23.3 Å². The first kappa shape index (κ1) is 59.2. The fraction of sp³-hybridized carbons (Fsp3) is 0.885. The Hall–Kier alpha value is -2.35. The van der Waals surface area contributed by atoms with Crippen LogP contribution in [0.25, 0.3) is 0 Å². The number of hydrogen-bond donors (Lipinski definition) is 0. The van der Waals surface area contributed by atoms with Crippen molar-refractivity contribution in [2.75, 3.05) is 40.3 Å². The molecule has 0 aromatic rings. The van der Waals surface area contributed by atoms with Gasteiger partial charge in [0, 0.05) is 38.9 Å². The molecule has 8 heteroatoms. The van der Waals surface area contributed by atoms with Crippen LogP contribution in [0.3, 0.4) is 0 Å². The van der Waals surface area contributed by atoms with Crippen molar-refractivity contribution in [3.63, 3.8) is 0 Å². The summed E-state index contributed by atoms with van der Waals surface area (Å²) in [6.07, 6.45) is 39.3. The summed E-state index contributed by atoms with van der Waals surface area (Å²) < 4.78 is 18.0. The van der Waals surface area contributed by atoms with Crippen LogP contribution < -0.4 is 0 Å². The van der Waals surface area contributed by atoms with Gasteiger partial charge in [0.2, 0.25) is 0 Å². The van der Waals surface area contributed by atoms with Gasteiger partial charge in [-0.05, 0) is 151 Å². The summed E-state index contributed by atoms with van der Waals surface area (Å²) in [5.74, 6) is 3.61. The number of carbonyl (C=O) groups is 3. The lowest BCUT2D eigenvalue weighted by Gasteiger charge is -2.55. The average molecular weight is 966 g/mol. The SMILES string of the molecule is CCCCCCCCC(CCCCCCCC)OC(=O)CCCCN(CCCCCC(=O)OC1CCC2(C)C(=CC=C3C2CCC2(C)C3CCC2C(C)CCCC(C)C)C1)C(=O)OCCCN(C)C. The van der Waals surface area contributed by atoms with Gasteiger partial charge in [0.05, 0.1) is 6.61 Å². The molecule has 0 aliphatic heterocycles. The van der Waals surface area contributed by atoms with Crippen LogP contribution in [0, 0.1) is 40.4 Å². The minimum absolute atomic E-state index is 0.0197. The van der Waals surface area contributed by atoms with E-state index in [0.29, 0.717) is 50.3 Å². The zero-order valence-corrected chi connectivity index (χ0v) is 46.5. The maximum Gasteiger partial charge on any atom is 0.409 e. The molecular weight excluding hydrogens is 857 g/mol. The Labute approximate surface area is 425 Å². The average Bonchev–Trinajstić information content (AvgIpc) is 3.67. The monoisotopic (exact) mass is 965 g/mol. The second-order valence-electron chi connectivity index (χ2n) is 24.0. The molecule has 0 aromatic carbocycles. The maximum atomic E-state index is 13.3. The van der Waals surface area contributed by atoms with E-state index < -0.39 is 0 Å². The van der Waals surface area contributed by atoms with Gasteiger partial charge in [0.25, 0.3) is 0 Å². The number of amides is 1. The van der Waals surface area contributed by atoms with E-state index in [0.717, 1.165) is 107 Å². The third-order valence-corrected chi connectivity index (χ3v) is 17.7. The van der Waals surface area contributed by atoms with Gasteiger partial charge in [0.1, 0.15) is 12.2 Å². The van der Waals surface area contributed by atoms with Crippen LogP contribution in [0.4, 0.5) is 4.79 Å². The van der Waals surface area contributed by atoms with Crippen LogP contribution in [0.5, 0.6) is 0 Å². The fourth-order valence-electron chi connectivity index (χ4n) is 13.4. The molecule has 3 fully saturated rings. The Morgan fingerprint density at radius 3 is 1.93 bits per heavy atom. The molecule has 0 radical (unpaired) electrons. The van der Waals surface area contributed by atoms with Crippen LogP contribution in [-0.2, 0) is 23.8 Å². The molecule has 1 amide bonds. The second kappa shape index (κ2) is 32.0. The van der Waals surface area contributed by atoms with Crippen molar-refractivity contribution >= 4 is 18.0 Å². The zero-order chi connectivity index (χ0) is 50.1. The largest absolute Gasteiger partial charge is 0.462 e. The van der Waals surface area contributed by atoms with Crippen molar-refractivity contribution in [3.8, 4) is 0 Å². The number of nitrogens with zero attached hydrogens (tertiary/aromatic N) is 2. The van der Waals surface area contributed by atoms with Crippen LogP contribution in [0.15, 0.2) is 23.3 Å². The predicted octanol–water partition coefficient (Wildman–Crippen LogP) is 16.4. The number of fused-ring (bicyclic) bond motifs is 5. The normalized spacial score (nSPS) is 24.6. The molecular formula is C61H108N2O6. The number of carbonyl (C=O) groups excluding carboxylic acids is 3. The minimum atomic E-state index is -0.284. The predicted molar refractivity (Wildman–Crippen MR) is 287 cm³/mol. The van der Waals surface area contributed by atoms with E-state index in [1.807, 2.05) is 19.0 Å². The molecule has 8 nitrogen and oxygen atoms in total. The fourth-order valence-corrected chi connectivity index (χ4v) is 13.4. The highest BCUT2D eigenvalue weighted by molar-refractivity contribution is 5.70. The number of hydrogen-bond acceptors (Lipinski definition) is 7. The summed E-state index contributed by atoms with van der Waals surface area (Å²) in [6, 6.07) is 0. The number of esters is 2. The topological polar surface area (TPSA) is 85.4 Å². The number of ether oxygens (including phenoxy) is 3. The molecule has 0 spiro atoms. The molecule has 7 atom stereocenters. The van der Waals surface area contributed by atoms with Gasteiger partial charge in [-0.3, -0.25) is 9.59 Å². The molecule has 4 rings (SSSR count). The zero-order valence-electron chi connectivity index (χ0n) is 46.5. The summed E-state index contributed by atoms with van der Waals surface area (Å²) in [6.45, 7) is 19.3. The van der Waals surface area contributed by atoms with Crippen LogP contribution in [0.1, 0.15) is 254 Å². The van der Waals surface area contributed by atoms with Gasteiger partial charge < -0.3 is 24.0 Å². The summed E-state index contributed by atoms with van der Waals surface area (Å²) in [5, 5.41) is 0. The van der Waals surface area contributed by atoms with E-state index in [1.54, 1.807) is 5.57 Å². The third kappa shape index (κ3) is 19.9. The van der Waals surface area contributed by atoms with E-state index in [9.17, 15) is 14.4 Å². The second-order valence-corrected chi connectivity index (χ2v) is 24.0. The summed E-state index contributed by atoms with van der Waals surface area (Å²) >= 11 is 0. The van der Waals surface area contributed by atoms with Crippen molar-refractivity contribution < 1.29 is 28.6 Å². The van der Waals surface area contributed by atoms with Gasteiger partial charge in [-0.25, -0.2) is 4.79 Å². The lowest BCUT2D eigenvalue weighted by atomic mass is 9.50. The summed E-state index contributed by atoms with van der Waals surface area (Å²) in [5.41, 5.74) is 3.87. The number of allylic oxidation sites excluding steroid dienone is 3. The highest BCUT2D eigenvalue weighted by Gasteiger charge is 2.57. The molecule has 398 valence electrons. The summed E-state index contributed by atoms with van der Waals surface area (Å²) in [4.78, 5) is 43.5. The lowest BCUT2D eigenvalue weighted by molar-refractivity contribution is -0.151. The molecule has 7 unspecified atom stereocenters. The Balaban J connectivity index is 1.19. The smallest absolute Gasteiger partial charge is 0.409 e. The van der Waals surface area contributed by atoms with Crippen molar-refractivity contribution in [1.82, 2.24) is 9.80 Å². The highest BCUT2D eigenvalue weighted by atomic mass is 16.6. The lowest BCUT2D eigenvalue weighted by Crippen LogP contribution is -2.46. The van der Waals surface area contributed by atoms with Gasteiger partial charge >= 0.3 is 18.0 Å². The molecule has 0 saturated heterocycles. The Morgan fingerprint density at radius 2 is 1.26 bits per heavy atom. The molecule has 4 aliphatic carbocycles. The van der Waals surface area contributed by atoms with Crippen molar-refractivity contribution in [2.45, 2.75) is 266 Å². The first-order chi connectivity index (χ1) is 33.2. The van der Waals surface area contributed by atoms with Gasteiger partial charge in [-0.1, -0.05) is 162 Å². The molecule has 0 bridgehead atoms. The number of unbranched alkanes of at least 4 members (excludes halogenated alkanes) is 13. The Morgan fingerprint density at radius 1 is 0.638 bits per heavy atom. The number of rotatable bonds is 36. The van der Waals surface area contributed by atoms with Crippen LogP contribution in [-0.4, -0.2) is 80.4 Å². The van der Waals surface area contributed by atoms with E-state index in [4.69, 9.17) is 14.2 Å². The van der Waals surface area contributed by atoms with Crippen LogP contribution in [0.2, 0.25) is 0 Å². The first-order valence-electron chi connectivity index (χ1n) is 29.6. The molecule has 0 aromatic heterocycles. The minimum Gasteiger partial charge on any atom is -0.462 e. The van der Waals surface area contributed by atoms with E-state index in [1.165, 1.54) is 115 Å².